The smallest absolute Gasteiger partial charge is 0.253 e. The third-order valence-corrected chi connectivity index (χ3v) is 3.50. The Labute approximate surface area is 154 Å². The Morgan fingerprint density at radius 1 is 1.21 bits per heavy atom. The average Bonchev–Trinajstić information content (AvgIpc) is 2.76. The van der Waals surface area contributed by atoms with Crippen LogP contribution in [0.4, 0.5) is 0 Å². The second-order valence-electron chi connectivity index (χ2n) is 5.20. The quantitative estimate of drug-likeness (QED) is 0.712. The lowest BCUT2D eigenvalue weighted by molar-refractivity contribution is 0.0953. The number of halogens is 2. The van der Waals surface area contributed by atoms with Crippen molar-refractivity contribution in [2.45, 2.75) is 13.8 Å². The van der Waals surface area contributed by atoms with Crippen LogP contribution in [-0.4, -0.2) is 54.0 Å². The zero-order valence-corrected chi connectivity index (χ0v) is 16.0. The molecule has 0 atom stereocenters. The van der Waals surface area contributed by atoms with E-state index in [0.29, 0.717) is 31.0 Å². The van der Waals surface area contributed by atoms with Crippen molar-refractivity contribution in [3.05, 3.63) is 23.0 Å². The molecular weight excluding hydrogens is 353 g/mol. The lowest BCUT2D eigenvalue weighted by Gasteiger charge is -2.08. The number of carbonyl (C=O) groups excluding carboxylic acids is 1. The van der Waals surface area contributed by atoms with E-state index in [1.165, 1.54) is 0 Å². The maximum atomic E-state index is 12.3. The molecule has 0 aromatic carbocycles. The summed E-state index contributed by atoms with van der Waals surface area (Å²) in [6.45, 7) is 6.46. The summed E-state index contributed by atoms with van der Waals surface area (Å²) in [5, 5.41) is 11.3. The first-order valence-electron chi connectivity index (χ1n) is 7.33. The lowest BCUT2D eigenvalue weighted by atomic mass is 10.1. The van der Waals surface area contributed by atoms with Crippen LogP contribution in [0.5, 0.6) is 0 Å². The van der Waals surface area contributed by atoms with Crippen molar-refractivity contribution in [1.29, 1.82) is 0 Å². The second-order valence-corrected chi connectivity index (χ2v) is 5.20. The van der Waals surface area contributed by atoms with Crippen LogP contribution < -0.4 is 10.6 Å². The van der Waals surface area contributed by atoms with E-state index in [9.17, 15) is 4.79 Å². The van der Waals surface area contributed by atoms with Gasteiger partial charge in [-0.3, -0.25) is 9.48 Å². The number of nitrogens with one attached hydrogen (secondary N) is 2. The van der Waals surface area contributed by atoms with Gasteiger partial charge in [0.2, 0.25) is 0 Å². The minimum Gasteiger partial charge on any atom is -0.383 e. The van der Waals surface area contributed by atoms with Crippen molar-refractivity contribution in [1.82, 2.24) is 25.4 Å². The molecule has 0 radical (unpaired) electrons. The van der Waals surface area contributed by atoms with Crippen LogP contribution >= 0.6 is 24.8 Å². The van der Waals surface area contributed by atoms with E-state index in [-0.39, 0.29) is 30.7 Å². The molecule has 2 rings (SSSR count). The summed E-state index contributed by atoms with van der Waals surface area (Å²) < 4.78 is 6.68. The number of pyridine rings is 1. The molecule has 0 saturated carbocycles. The fourth-order valence-corrected chi connectivity index (χ4v) is 2.32. The third kappa shape index (κ3) is 5.31. The molecule has 0 aliphatic rings. The monoisotopic (exact) mass is 377 g/mol. The number of ether oxygens (including phenoxy) is 1. The van der Waals surface area contributed by atoms with Crippen LogP contribution in [0.1, 0.15) is 21.7 Å². The van der Waals surface area contributed by atoms with Gasteiger partial charge in [-0.15, -0.1) is 24.8 Å². The first-order valence-corrected chi connectivity index (χ1v) is 7.33. The van der Waals surface area contributed by atoms with E-state index in [4.69, 9.17) is 4.74 Å². The largest absolute Gasteiger partial charge is 0.383 e. The van der Waals surface area contributed by atoms with Crippen LogP contribution in [0.25, 0.3) is 11.0 Å². The number of rotatable bonds is 7. The predicted octanol–water partition coefficient (Wildman–Crippen LogP) is 1.39. The number of aromatic nitrogens is 3. The molecule has 2 aromatic rings. The Morgan fingerprint density at radius 2 is 1.92 bits per heavy atom. The van der Waals surface area contributed by atoms with Gasteiger partial charge in [-0.1, -0.05) is 0 Å². The molecule has 136 valence electrons. The predicted molar refractivity (Wildman–Crippen MR) is 99.6 cm³/mol. The molecule has 2 heterocycles. The minimum atomic E-state index is -0.108. The Morgan fingerprint density at radius 3 is 2.58 bits per heavy atom. The first kappa shape index (κ1) is 22.6. The SMILES string of the molecule is COCCNCCNC(=O)c1cc2c(C)nn(C)c2nc1C.Cl.Cl. The van der Waals surface area contributed by atoms with Gasteiger partial charge in [0.15, 0.2) is 5.65 Å². The molecule has 0 unspecified atom stereocenters. The molecule has 2 N–H and O–H groups in total. The van der Waals surface area contributed by atoms with Gasteiger partial charge in [0.1, 0.15) is 0 Å². The summed E-state index contributed by atoms with van der Waals surface area (Å²) >= 11 is 0. The van der Waals surface area contributed by atoms with Crippen molar-refractivity contribution >= 4 is 41.8 Å². The Hall–Kier alpha value is -1.41. The van der Waals surface area contributed by atoms with Crippen molar-refractivity contribution in [3.63, 3.8) is 0 Å². The fraction of sp³-hybridized carbons (Fsp3) is 0.533. The number of methoxy groups -OCH3 is 1. The van der Waals surface area contributed by atoms with E-state index in [0.717, 1.165) is 23.3 Å². The van der Waals surface area contributed by atoms with E-state index < -0.39 is 0 Å². The molecular formula is C15H25Cl2N5O2. The molecule has 0 aliphatic carbocycles. The van der Waals surface area contributed by atoms with Gasteiger partial charge in [0.25, 0.3) is 5.91 Å². The van der Waals surface area contributed by atoms with Gasteiger partial charge < -0.3 is 15.4 Å². The van der Waals surface area contributed by atoms with Crippen LogP contribution in [0, 0.1) is 13.8 Å². The third-order valence-electron chi connectivity index (χ3n) is 3.50. The molecule has 0 saturated heterocycles. The van der Waals surface area contributed by atoms with Gasteiger partial charge in [0.05, 0.1) is 23.6 Å². The number of nitrogens with zero attached hydrogens (tertiary/aromatic N) is 3. The summed E-state index contributed by atoms with van der Waals surface area (Å²) in [4.78, 5) is 16.8. The fourth-order valence-electron chi connectivity index (χ4n) is 2.32. The van der Waals surface area contributed by atoms with Crippen LogP contribution in [0.2, 0.25) is 0 Å². The number of carbonyl (C=O) groups is 1. The number of aryl methyl sites for hydroxylation is 3. The standard InChI is InChI=1S/C15H23N5O2.2ClH/c1-10-13(15(21)17-6-5-16-7-8-22-4)9-12-11(2)19-20(3)14(12)18-10;;/h9,16H,5-8H2,1-4H3,(H,17,21);2*1H. The Balaban J connectivity index is 0.00000264. The van der Waals surface area contributed by atoms with Gasteiger partial charge in [-0.05, 0) is 19.9 Å². The maximum absolute atomic E-state index is 12.3. The zero-order chi connectivity index (χ0) is 16.1. The lowest BCUT2D eigenvalue weighted by Crippen LogP contribution is -2.33. The number of fused-ring (bicyclic) bond motifs is 1. The van der Waals surface area contributed by atoms with Crippen molar-refractivity contribution in [3.8, 4) is 0 Å². The molecule has 0 fully saturated rings. The summed E-state index contributed by atoms with van der Waals surface area (Å²) in [7, 11) is 3.52. The first-order chi connectivity index (χ1) is 10.5. The highest BCUT2D eigenvalue weighted by atomic mass is 35.5. The Bertz CT molecular complexity index is 675. The van der Waals surface area contributed by atoms with E-state index >= 15 is 0 Å². The van der Waals surface area contributed by atoms with E-state index in [1.54, 1.807) is 11.8 Å². The highest BCUT2D eigenvalue weighted by molar-refractivity contribution is 5.98. The molecule has 24 heavy (non-hydrogen) atoms. The molecule has 1 amide bonds. The highest BCUT2D eigenvalue weighted by Gasteiger charge is 2.14. The zero-order valence-electron chi connectivity index (χ0n) is 14.4. The normalized spacial score (nSPS) is 10.2. The number of amides is 1. The van der Waals surface area contributed by atoms with Crippen LogP contribution in [0.3, 0.4) is 0 Å². The topological polar surface area (TPSA) is 81.1 Å². The maximum Gasteiger partial charge on any atom is 0.253 e. The second kappa shape index (κ2) is 10.5. The van der Waals surface area contributed by atoms with Gasteiger partial charge in [-0.2, -0.15) is 5.10 Å². The molecule has 0 bridgehead atoms. The van der Waals surface area contributed by atoms with Gasteiger partial charge in [-0.25, -0.2) is 4.98 Å². The van der Waals surface area contributed by atoms with Crippen LogP contribution in [-0.2, 0) is 11.8 Å². The number of hydrogen-bond donors (Lipinski definition) is 2. The number of hydrogen-bond acceptors (Lipinski definition) is 5. The highest BCUT2D eigenvalue weighted by Crippen LogP contribution is 2.19. The summed E-state index contributed by atoms with van der Waals surface area (Å²) in [6, 6.07) is 1.87. The van der Waals surface area contributed by atoms with Crippen LogP contribution in [0.15, 0.2) is 6.07 Å². The summed E-state index contributed by atoms with van der Waals surface area (Å²) in [6.07, 6.45) is 0. The summed E-state index contributed by atoms with van der Waals surface area (Å²) in [5.74, 6) is -0.108. The molecule has 0 spiro atoms. The Kier molecular flexibility index (Phi) is 9.84. The van der Waals surface area contributed by atoms with Gasteiger partial charge >= 0.3 is 0 Å². The van der Waals surface area contributed by atoms with E-state index in [2.05, 4.69) is 20.7 Å². The molecule has 7 nitrogen and oxygen atoms in total. The molecule has 9 heteroatoms. The van der Waals surface area contributed by atoms with Crippen molar-refractivity contribution in [2.75, 3.05) is 33.4 Å². The molecule has 0 aliphatic heterocycles. The molecule has 2 aromatic heterocycles. The van der Waals surface area contributed by atoms with Crippen molar-refractivity contribution < 1.29 is 9.53 Å². The summed E-state index contributed by atoms with van der Waals surface area (Å²) in [5.41, 5.74) is 2.98. The average molecular weight is 378 g/mol. The van der Waals surface area contributed by atoms with Crippen molar-refractivity contribution in [2.24, 2.45) is 7.05 Å². The van der Waals surface area contributed by atoms with Gasteiger partial charge in [0, 0.05) is 39.2 Å². The van der Waals surface area contributed by atoms with E-state index in [1.807, 2.05) is 27.0 Å². The minimum absolute atomic E-state index is 0.